The third-order valence-corrected chi connectivity index (χ3v) is 5.71. The number of H-pyrrole nitrogens is 1. The molecule has 34 heavy (non-hydrogen) atoms. The van der Waals surface area contributed by atoms with E-state index < -0.39 is 17.2 Å². The van der Waals surface area contributed by atoms with Gasteiger partial charge in [-0.3, -0.25) is 33.6 Å². The Morgan fingerprint density at radius 3 is 2.26 bits per heavy atom. The number of aromatic nitrogens is 2. The number of carbonyl (C=O) groups excluding carboxylic acids is 3. The molecule has 0 aliphatic carbocycles. The Bertz CT molecular complexity index is 1180. The number of rotatable bonds is 9. The van der Waals surface area contributed by atoms with Crippen LogP contribution in [0.4, 0.5) is 11.5 Å². The smallest absolute Gasteiger partial charge is 0.330 e. The number of nitrogens with one attached hydrogen (secondary N) is 1. The van der Waals surface area contributed by atoms with E-state index in [-0.39, 0.29) is 55.2 Å². The van der Waals surface area contributed by atoms with E-state index in [9.17, 15) is 24.0 Å². The number of hydrogen-bond donors (Lipinski definition) is 2. The van der Waals surface area contributed by atoms with E-state index in [2.05, 4.69) is 4.98 Å². The van der Waals surface area contributed by atoms with Crippen molar-refractivity contribution in [3.05, 3.63) is 56.2 Å². The Balaban J connectivity index is 1.94. The maximum absolute atomic E-state index is 13.4. The number of nitrogen functional groups attached to an aromatic ring is 1. The molecule has 1 aromatic heterocycles. The predicted molar refractivity (Wildman–Crippen MR) is 128 cm³/mol. The third kappa shape index (κ3) is 5.27. The summed E-state index contributed by atoms with van der Waals surface area (Å²) in [6, 6.07) is 6.54. The quantitative estimate of drug-likeness (QED) is 0.538. The molecule has 0 saturated carbocycles. The molecule has 3 amide bonds. The molecule has 2 aromatic rings. The second kappa shape index (κ2) is 10.5. The number of nitrogens with two attached hydrogens (primary N) is 1. The van der Waals surface area contributed by atoms with Crippen LogP contribution in [0.5, 0.6) is 0 Å². The number of likely N-dealkylation sites (tertiary alicyclic amines) is 1. The molecule has 1 aromatic carbocycles. The van der Waals surface area contributed by atoms with Crippen molar-refractivity contribution in [3.63, 3.8) is 0 Å². The lowest BCUT2D eigenvalue weighted by atomic mass is 10.1. The topological polar surface area (TPSA) is 139 Å². The van der Waals surface area contributed by atoms with Crippen molar-refractivity contribution in [2.24, 2.45) is 5.92 Å². The van der Waals surface area contributed by atoms with Crippen LogP contribution >= 0.6 is 0 Å². The first-order chi connectivity index (χ1) is 16.1. The molecular formula is C24H31N5O5. The van der Waals surface area contributed by atoms with Gasteiger partial charge in [-0.15, -0.1) is 0 Å². The van der Waals surface area contributed by atoms with Crippen molar-refractivity contribution in [1.29, 1.82) is 0 Å². The molecule has 1 aliphatic heterocycles. The Morgan fingerprint density at radius 1 is 1.09 bits per heavy atom. The summed E-state index contributed by atoms with van der Waals surface area (Å²) in [5, 5.41) is 0. The van der Waals surface area contributed by atoms with Crippen LogP contribution in [-0.2, 0) is 22.7 Å². The van der Waals surface area contributed by atoms with E-state index in [1.165, 1.54) is 14.4 Å². The number of hydrogen-bond acceptors (Lipinski definition) is 6. The molecule has 0 unspecified atom stereocenters. The van der Waals surface area contributed by atoms with E-state index >= 15 is 0 Å². The van der Waals surface area contributed by atoms with Gasteiger partial charge in [0.15, 0.2) is 5.69 Å². The molecule has 2 heterocycles. The molecule has 3 rings (SSSR count). The average molecular weight is 470 g/mol. The molecule has 3 N–H and O–H groups in total. The first-order valence-electron chi connectivity index (χ1n) is 11.5. The van der Waals surface area contributed by atoms with Gasteiger partial charge >= 0.3 is 5.69 Å². The molecule has 10 nitrogen and oxygen atoms in total. The van der Waals surface area contributed by atoms with Gasteiger partial charge in [-0.1, -0.05) is 39.3 Å². The fourth-order valence-electron chi connectivity index (χ4n) is 3.91. The molecule has 0 bridgehead atoms. The minimum absolute atomic E-state index is 0.0453. The molecule has 10 heteroatoms. The van der Waals surface area contributed by atoms with Crippen LogP contribution in [0.3, 0.4) is 0 Å². The van der Waals surface area contributed by atoms with Crippen molar-refractivity contribution in [2.75, 3.05) is 17.2 Å². The summed E-state index contributed by atoms with van der Waals surface area (Å²) in [5.74, 6) is -0.792. The van der Waals surface area contributed by atoms with E-state index in [0.717, 1.165) is 6.42 Å². The average Bonchev–Trinajstić information content (AvgIpc) is 3.10. The number of amides is 3. The molecule has 1 aliphatic rings. The summed E-state index contributed by atoms with van der Waals surface area (Å²) in [4.78, 5) is 67.1. The maximum Gasteiger partial charge on any atom is 0.330 e. The van der Waals surface area contributed by atoms with Gasteiger partial charge in [0.2, 0.25) is 11.8 Å². The van der Waals surface area contributed by atoms with Crippen LogP contribution < -0.4 is 21.9 Å². The number of aromatic amines is 1. The van der Waals surface area contributed by atoms with Gasteiger partial charge < -0.3 is 10.6 Å². The SMILES string of the molecule is CCCCN(C(=O)c1ccc(CN2C(=O)CCC2=O)cc1)c1c(N)n(CC(C)C)c(=O)[nH]c1=O. The Morgan fingerprint density at radius 2 is 1.71 bits per heavy atom. The highest BCUT2D eigenvalue weighted by Gasteiger charge is 2.29. The van der Waals surface area contributed by atoms with Crippen LogP contribution in [0.1, 0.15) is 62.4 Å². The first-order valence-corrected chi connectivity index (χ1v) is 11.5. The lowest BCUT2D eigenvalue weighted by molar-refractivity contribution is -0.139. The Hall–Kier alpha value is -3.69. The lowest BCUT2D eigenvalue weighted by Gasteiger charge is -2.25. The Labute approximate surface area is 197 Å². The zero-order valence-electron chi connectivity index (χ0n) is 19.8. The predicted octanol–water partition coefficient (Wildman–Crippen LogP) is 1.87. The minimum Gasteiger partial charge on any atom is -0.383 e. The number of nitrogens with zero attached hydrogens (tertiary/aromatic N) is 3. The van der Waals surface area contributed by atoms with Gasteiger partial charge in [0.1, 0.15) is 5.82 Å². The second-order valence-corrected chi connectivity index (χ2v) is 8.88. The fourth-order valence-corrected chi connectivity index (χ4v) is 3.91. The van der Waals surface area contributed by atoms with Crippen molar-refractivity contribution < 1.29 is 14.4 Å². The highest BCUT2D eigenvalue weighted by atomic mass is 16.2. The lowest BCUT2D eigenvalue weighted by Crippen LogP contribution is -2.42. The van der Waals surface area contributed by atoms with Crippen LogP contribution in [0.15, 0.2) is 33.9 Å². The van der Waals surface area contributed by atoms with Gasteiger partial charge in [-0.2, -0.15) is 0 Å². The highest BCUT2D eigenvalue weighted by molar-refractivity contribution is 6.07. The standard InChI is InChI=1S/C24H31N5O5/c1-4-5-12-27(20-21(25)29(13-15(2)3)24(34)26-22(20)32)23(33)17-8-6-16(7-9-17)14-28-18(30)10-11-19(28)31/h6-9,15H,4-5,10-14,25H2,1-3H3,(H,26,32,34). The second-order valence-electron chi connectivity index (χ2n) is 8.88. The molecular weight excluding hydrogens is 438 g/mol. The zero-order chi connectivity index (χ0) is 25.0. The monoisotopic (exact) mass is 469 g/mol. The third-order valence-electron chi connectivity index (χ3n) is 5.71. The Kier molecular flexibility index (Phi) is 7.70. The van der Waals surface area contributed by atoms with Crippen molar-refractivity contribution in [3.8, 4) is 0 Å². The highest BCUT2D eigenvalue weighted by Crippen LogP contribution is 2.22. The molecule has 182 valence electrons. The van der Waals surface area contributed by atoms with Crippen molar-refractivity contribution in [2.45, 2.75) is 59.5 Å². The summed E-state index contributed by atoms with van der Waals surface area (Å²) in [5.41, 5.74) is 5.90. The fraction of sp³-hybridized carbons (Fsp3) is 0.458. The van der Waals surface area contributed by atoms with E-state index in [4.69, 9.17) is 5.73 Å². The number of carbonyl (C=O) groups is 3. The number of imide groups is 1. The number of unbranched alkanes of at least 4 members (excludes halogenated alkanes) is 1. The van der Waals surface area contributed by atoms with Gasteiger partial charge in [-0.25, -0.2) is 4.79 Å². The van der Waals surface area contributed by atoms with Crippen LogP contribution in [-0.4, -0.2) is 38.7 Å². The van der Waals surface area contributed by atoms with E-state index in [0.29, 0.717) is 24.1 Å². The number of benzene rings is 1. The van der Waals surface area contributed by atoms with E-state index in [1.807, 2.05) is 20.8 Å². The summed E-state index contributed by atoms with van der Waals surface area (Å²) < 4.78 is 1.28. The van der Waals surface area contributed by atoms with Crippen LogP contribution in [0, 0.1) is 5.92 Å². The molecule has 1 saturated heterocycles. The maximum atomic E-state index is 13.4. The first kappa shape index (κ1) is 24.9. The van der Waals surface area contributed by atoms with Crippen LogP contribution in [0.25, 0.3) is 0 Å². The minimum atomic E-state index is -0.713. The molecule has 0 radical (unpaired) electrons. The normalized spacial score (nSPS) is 13.7. The largest absolute Gasteiger partial charge is 0.383 e. The van der Waals surface area contributed by atoms with Gasteiger partial charge in [0, 0.05) is 31.5 Å². The summed E-state index contributed by atoms with van der Waals surface area (Å²) >= 11 is 0. The van der Waals surface area contributed by atoms with E-state index in [1.54, 1.807) is 24.3 Å². The number of anilines is 2. The van der Waals surface area contributed by atoms with Gasteiger partial charge in [-0.05, 0) is 30.0 Å². The van der Waals surface area contributed by atoms with Crippen molar-refractivity contribution >= 4 is 29.2 Å². The van der Waals surface area contributed by atoms with Gasteiger partial charge in [0.25, 0.3) is 11.5 Å². The summed E-state index contributed by atoms with van der Waals surface area (Å²) in [6.45, 7) is 6.50. The molecule has 0 spiro atoms. The summed E-state index contributed by atoms with van der Waals surface area (Å²) in [6.07, 6.45) is 1.85. The summed E-state index contributed by atoms with van der Waals surface area (Å²) in [7, 11) is 0. The molecule has 0 atom stereocenters. The van der Waals surface area contributed by atoms with Gasteiger partial charge in [0.05, 0.1) is 6.54 Å². The van der Waals surface area contributed by atoms with Crippen LogP contribution in [0.2, 0.25) is 0 Å². The molecule has 1 fully saturated rings. The zero-order valence-corrected chi connectivity index (χ0v) is 19.8. The van der Waals surface area contributed by atoms with Crippen molar-refractivity contribution in [1.82, 2.24) is 14.5 Å².